The maximum absolute atomic E-state index is 12.2. The molecule has 2 heterocycles. The van der Waals surface area contributed by atoms with Crippen LogP contribution in [0.25, 0.3) is 5.69 Å². The van der Waals surface area contributed by atoms with E-state index in [1.54, 1.807) is 17.5 Å². The average Bonchev–Trinajstić information content (AvgIpc) is 3.25. The van der Waals surface area contributed by atoms with Crippen molar-refractivity contribution >= 4 is 17.2 Å². The zero-order valence-electron chi connectivity index (χ0n) is 14.0. The van der Waals surface area contributed by atoms with Gasteiger partial charge >= 0.3 is 0 Å². The third kappa shape index (κ3) is 3.74. The lowest BCUT2D eigenvalue weighted by atomic mass is 10.1. The summed E-state index contributed by atoms with van der Waals surface area (Å²) in [6, 6.07) is 12.1. The Balaban J connectivity index is 1.53. The van der Waals surface area contributed by atoms with Gasteiger partial charge in [0.1, 0.15) is 0 Å². The van der Waals surface area contributed by atoms with Crippen molar-refractivity contribution in [3.05, 3.63) is 69.7 Å². The number of hydrogen-bond donors (Lipinski definition) is 1. The fourth-order valence-corrected chi connectivity index (χ4v) is 3.66. The maximum Gasteiger partial charge on any atom is 0.261 e. The van der Waals surface area contributed by atoms with Gasteiger partial charge in [-0.1, -0.05) is 19.1 Å². The van der Waals surface area contributed by atoms with Gasteiger partial charge in [0.25, 0.3) is 5.91 Å². The third-order valence-electron chi connectivity index (χ3n) is 4.03. The number of carbonyl (C=O) groups excluding carboxylic acids is 1. The van der Waals surface area contributed by atoms with Crippen LogP contribution in [0.5, 0.6) is 0 Å². The Labute approximate surface area is 146 Å². The van der Waals surface area contributed by atoms with Gasteiger partial charge < -0.3 is 5.32 Å². The van der Waals surface area contributed by atoms with Gasteiger partial charge in [0, 0.05) is 23.8 Å². The number of hydrogen-bond acceptors (Lipinski definition) is 3. The van der Waals surface area contributed by atoms with Crippen LogP contribution in [0.3, 0.4) is 0 Å². The first kappa shape index (κ1) is 16.5. The number of rotatable bonds is 6. The quantitative estimate of drug-likeness (QED) is 0.743. The minimum absolute atomic E-state index is 0.0240. The van der Waals surface area contributed by atoms with Crippen molar-refractivity contribution in [2.45, 2.75) is 26.7 Å². The number of thiophene rings is 1. The van der Waals surface area contributed by atoms with Crippen molar-refractivity contribution in [1.29, 1.82) is 0 Å². The summed E-state index contributed by atoms with van der Waals surface area (Å²) < 4.78 is 1.83. The monoisotopic (exact) mass is 339 g/mol. The number of benzene rings is 1. The van der Waals surface area contributed by atoms with Crippen LogP contribution < -0.4 is 5.32 Å². The predicted molar refractivity (Wildman–Crippen MR) is 98.0 cm³/mol. The Morgan fingerprint density at radius 2 is 2.08 bits per heavy atom. The standard InChI is InChI=1S/C19H21N3OS/c1-3-16-13-18(24-14(16)2)19(23)20-11-9-15-5-7-17(8-6-15)22-12-4-10-21-22/h4-8,10,12-13H,3,9,11H2,1-2H3,(H,20,23). The predicted octanol–water partition coefficient (Wildman–Crippen LogP) is 3.78. The summed E-state index contributed by atoms with van der Waals surface area (Å²) in [5, 5.41) is 7.22. The molecule has 2 aromatic heterocycles. The number of carbonyl (C=O) groups is 1. The molecule has 0 radical (unpaired) electrons. The normalized spacial score (nSPS) is 10.8. The molecule has 3 rings (SSSR count). The molecular weight excluding hydrogens is 318 g/mol. The molecule has 124 valence electrons. The van der Waals surface area contributed by atoms with Crippen LogP contribution in [-0.4, -0.2) is 22.2 Å². The highest BCUT2D eigenvalue weighted by molar-refractivity contribution is 7.14. The van der Waals surface area contributed by atoms with Crippen molar-refractivity contribution in [3.63, 3.8) is 0 Å². The SMILES string of the molecule is CCc1cc(C(=O)NCCc2ccc(-n3cccn3)cc2)sc1C. The molecule has 0 spiro atoms. The van der Waals surface area contributed by atoms with Crippen molar-refractivity contribution in [2.24, 2.45) is 0 Å². The number of nitrogens with zero attached hydrogens (tertiary/aromatic N) is 2. The molecule has 3 aromatic rings. The molecule has 24 heavy (non-hydrogen) atoms. The fraction of sp³-hybridized carbons (Fsp3) is 0.263. The first-order valence-corrected chi connectivity index (χ1v) is 8.95. The highest BCUT2D eigenvalue weighted by atomic mass is 32.1. The van der Waals surface area contributed by atoms with E-state index in [4.69, 9.17) is 0 Å². The number of aromatic nitrogens is 2. The van der Waals surface area contributed by atoms with Gasteiger partial charge in [0.05, 0.1) is 10.6 Å². The summed E-state index contributed by atoms with van der Waals surface area (Å²) in [6.45, 7) is 4.82. The van der Waals surface area contributed by atoms with E-state index in [2.05, 4.69) is 36.4 Å². The van der Waals surface area contributed by atoms with E-state index in [1.165, 1.54) is 16.0 Å². The molecule has 0 aliphatic rings. The lowest BCUT2D eigenvalue weighted by Crippen LogP contribution is -2.24. The summed E-state index contributed by atoms with van der Waals surface area (Å²) in [5.41, 5.74) is 3.50. The highest BCUT2D eigenvalue weighted by Gasteiger charge is 2.11. The largest absolute Gasteiger partial charge is 0.351 e. The van der Waals surface area contributed by atoms with Crippen molar-refractivity contribution in [2.75, 3.05) is 6.54 Å². The summed E-state index contributed by atoms with van der Waals surface area (Å²) in [4.78, 5) is 14.3. The van der Waals surface area contributed by atoms with Crippen LogP contribution in [0, 0.1) is 6.92 Å². The molecule has 0 fully saturated rings. The number of aryl methyl sites for hydroxylation is 2. The Morgan fingerprint density at radius 3 is 2.71 bits per heavy atom. The molecule has 0 aliphatic heterocycles. The van der Waals surface area contributed by atoms with Crippen LogP contribution >= 0.6 is 11.3 Å². The van der Waals surface area contributed by atoms with Gasteiger partial charge in [-0.3, -0.25) is 4.79 Å². The van der Waals surface area contributed by atoms with Crippen molar-refractivity contribution in [3.8, 4) is 5.69 Å². The Bertz CT molecular complexity index is 804. The van der Waals surface area contributed by atoms with E-state index in [0.717, 1.165) is 23.4 Å². The zero-order valence-corrected chi connectivity index (χ0v) is 14.8. The van der Waals surface area contributed by atoms with Gasteiger partial charge in [-0.2, -0.15) is 5.10 Å². The zero-order chi connectivity index (χ0) is 16.9. The summed E-state index contributed by atoms with van der Waals surface area (Å²) in [5.74, 6) is 0.0240. The van der Waals surface area contributed by atoms with Gasteiger partial charge in [-0.15, -0.1) is 11.3 Å². The second-order valence-electron chi connectivity index (χ2n) is 5.67. The topological polar surface area (TPSA) is 46.9 Å². The van der Waals surface area contributed by atoms with Gasteiger partial charge in [-0.05, 0) is 55.2 Å². The van der Waals surface area contributed by atoms with E-state index >= 15 is 0 Å². The molecule has 0 unspecified atom stereocenters. The second-order valence-corrected chi connectivity index (χ2v) is 6.92. The van der Waals surface area contributed by atoms with Crippen LogP contribution in [0.2, 0.25) is 0 Å². The van der Waals surface area contributed by atoms with E-state index in [1.807, 2.05) is 35.1 Å². The Hall–Kier alpha value is -2.40. The smallest absolute Gasteiger partial charge is 0.261 e. The van der Waals surface area contributed by atoms with E-state index in [-0.39, 0.29) is 5.91 Å². The van der Waals surface area contributed by atoms with E-state index in [0.29, 0.717) is 6.54 Å². The van der Waals surface area contributed by atoms with Crippen molar-refractivity contribution < 1.29 is 4.79 Å². The van der Waals surface area contributed by atoms with Crippen LogP contribution in [0.4, 0.5) is 0 Å². The lowest BCUT2D eigenvalue weighted by molar-refractivity contribution is 0.0958. The van der Waals surface area contributed by atoms with Gasteiger partial charge in [0.15, 0.2) is 0 Å². The van der Waals surface area contributed by atoms with Crippen LogP contribution in [0.15, 0.2) is 48.8 Å². The minimum Gasteiger partial charge on any atom is -0.351 e. The van der Waals surface area contributed by atoms with Crippen LogP contribution in [-0.2, 0) is 12.8 Å². The first-order valence-electron chi connectivity index (χ1n) is 8.14. The second kappa shape index (κ2) is 7.45. The molecule has 0 atom stereocenters. The molecule has 0 saturated carbocycles. The molecule has 0 saturated heterocycles. The average molecular weight is 339 g/mol. The van der Waals surface area contributed by atoms with Crippen molar-refractivity contribution in [1.82, 2.24) is 15.1 Å². The van der Waals surface area contributed by atoms with E-state index in [9.17, 15) is 4.79 Å². The Kier molecular flexibility index (Phi) is 5.11. The molecule has 1 N–H and O–H groups in total. The summed E-state index contributed by atoms with van der Waals surface area (Å²) >= 11 is 1.57. The molecule has 1 aromatic carbocycles. The molecule has 5 heteroatoms. The number of amides is 1. The molecular formula is C19H21N3OS. The molecule has 0 aliphatic carbocycles. The van der Waals surface area contributed by atoms with Crippen LogP contribution in [0.1, 0.15) is 32.6 Å². The highest BCUT2D eigenvalue weighted by Crippen LogP contribution is 2.21. The molecule has 4 nitrogen and oxygen atoms in total. The lowest BCUT2D eigenvalue weighted by Gasteiger charge is -2.06. The third-order valence-corrected chi connectivity index (χ3v) is 5.12. The minimum atomic E-state index is 0.0240. The fourth-order valence-electron chi connectivity index (χ4n) is 2.63. The summed E-state index contributed by atoms with van der Waals surface area (Å²) in [6.07, 6.45) is 5.47. The number of nitrogens with one attached hydrogen (secondary N) is 1. The van der Waals surface area contributed by atoms with Gasteiger partial charge in [0.2, 0.25) is 0 Å². The Morgan fingerprint density at radius 1 is 1.29 bits per heavy atom. The van der Waals surface area contributed by atoms with E-state index < -0.39 is 0 Å². The summed E-state index contributed by atoms with van der Waals surface area (Å²) in [7, 11) is 0. The molecule has 1 amide bonds. The maximum atomic E-state index is 12.2. The first-order chi connectivity index (χ1) is 11.7. The molecule has 0 bridgehead atoms. The van der Waals surface area contributed by atoms with Gasteiger partial charge in [-0.25, -0.2) is 4.68 Å².